The van der Waals surface area contributed by atoms with E-state index in [0.717, 1.165) is 0 Å². The molecule has 0 saturated carbocycles. The summed E-state index contributed by atoms with van der Waals surface area (Å²) >= 11 is 0. The van der Waals surface area contributed by atoms with E-state index >= 15 is 0 Å². The molecule has 0 aliphatic carbocycles. The smallest absolute Gasteiger partial charge is 0.404 e. The van der Waals surface area contributed by atoms with Crippen LogP contribution in [0.5, 0.6) is 0 Å². The second-order valence-corrected chi connectivity index (χ2v) is 4.37. The zero-order chi connectivity index (χ0) is 13.2. The highest BCUT2D eigenvalue weighted by atomic mass is 16.7. The predicted molar refractivity (Wildman–Crippen MR) is 57.2 cm³/mol. The van der Waals surface area contributed by atoms with Gasteiger partial charge < -0.3 is 29.8 Å². The lowest BCUT2D eigenvalue weighted by atomic mass is 9.89. The Kier molecular flexibility index (Phi) is 4.31. The topological polar surface area (TPSA) is 100 Å². The maximum Gasteiger partial charge on any atom is 0.404 e. The average Bonchev–Trinajstić information content (AvgIpc) is 2.22. The van der Waals surface area contributed by atoms with E-state index in [0.29, 0.717) is 0 Å². The van der Waals surface area contributed by atoms with Gasteiger partial charge in [-0.05, 0) is 13.8 Å². The first-order chi connectivity index (χ1) is 7.83. The van der Waals surface area contributed by atoms with Crippen molar-refractivity contribution in [2.75, 3.05) is 14.2 Å². The van der Waals surface area contributed by atoms with E-state index in [4.69, 9.17) is 24.7 Å². The number of hydrogen-bond donors (Lipinski definition) is 2. The van der Waals surface area contributed by atoms with Gasteiger partial charge in [-0.25, -0.2) is 4.79 Å². The molecule has 7 heteroatoms. The molecule has 0 aromatic carbocycles. The van der Waals surface area contributed by atoms with Crippen molar-refractivity contribution >= 4 is 6.09 Å². The molecule has 0 bridgehead atoms. The third kappa shape index (κ3) is 2.86. The van der Waals surface area contributed by atoms with Crippen LogP contribution in [0.2, 0.25) is 0 Å². The molecule has 17 heavy (non-hydrogen) atoms. The quantitative estimate of drug-likeness (QED) is 0.706. The summed E-state index contributed by atoms with van der Waals surface area (Å²) in [4.78, 5) is 10.8. The second kappa shape index (κ2) is 5.18. The van der Waals surface area contributed by atoms with E-state index in [1.54, 1.807) is 13.8 Å². The minimum Gasteiger partial charge on any atom is -0.441 e. The van der Waals surface area contributed by atoms with Gasteiger partial charge in [0.25, 0.3) is 0 Å². The lowest BCUT2D eigenvalue weighted by Crippen LogP contribution is -2.64. The Morgan fingerprint density at radius 2 is 1.94 bits per heavy atom. The van der Waals surface area contributed by atoms with Gasteiger partial charge in [-0.2, -0.15) is 0 Å². The van der Waals surface area contributed by atoms with Crippen LogP contribution in [0, 0.1) is 0 Å². The summed E-state index contributed by atoms with van der Waals surface area (Å²) in [6.07, 6.45) is -4.63. The number of rotatable bonds is 3. The van der Waals surface area contributed by atoms with Gasteiger partial charge >= 0.3 is 6.09 Å². The maximum absolute atomic E-state index is 10.8. The van der Waals surface area contributed by atoms with Gasteiger partial charge in [0.1, 0.15) is 12.2 Å². The number of aliphatic hydroxyl groups excluding tert-OH is 1. The minimum absolute atomic E-state index is 0.642. The predicted octanol–water partition coefficient (Wildman–Crippen LogP) is -0.392. The Labute approximate surface area is 99.8 Å². The first kappa shape index (κ1) is 14.2. The molecular formula is C10H19NO6. The highest BCUT2D eigenvalue weighted by Crippen LogP contribution is 2.33. The number of methoxy groups -OCH3 is 2. The van der Waals surface area contributed by atoms with E-state index < -0.39 is 36.3 Å². The minimum atomic E-state index is -1.16. The first-order valence-electron chi connectivity index (χ1n) is 5.21. The van der Waals surface area contributed by atoms with E-state index in [-0.39, 0.29) is 0 Å². The van der Waals surface area contributed by atoms with Crippen molar-refractivity contribution in [2.45, 2.75) is 44.1 Å². The van der Waals surface area contributed by atoms with Crippen LogP contribution >= 0.6 is 0 Å². The van der Waals surface area contributed by atoms with Crippen molar-refractivity contribution in [3.05, 3.63) is 0 Å². The second-order valence-electron chi connectivity index (χ2n) is 4.37. The van der Waals surface area contributed by atoms with Gasteiger partial charge in [0.2, 0.25) is 0 Å². The Morgan fingerprint density at radius 3 is 2.35 bits per heavy atom. The fraction of sp³-hybridized carbons (Fsp3) is 0.900. The van der Waals surface area contributed by atoms with E-state index in [1.165, 1.54) is 14.2 Å². The van der Waals surface area contributed by atoms with Crippen molar-refractivity contribution in [3.8, 4) is 0 Å². The number of primary amides is 1. The van der Waals surface area contributed by atoms with Gasteiger partial charge in [0.05, 0.1) is 5.60 Å². The molecule has 4 atom stereocenters. The van der Waals surface area contributed by atoms with Crippen LogP contribution in [-0.2, 0) is 18.9 Å². The number of amides is 1. The molecule has 7 nitrogen and oxygen atoms in total. The summed E-state index contributed by atoms with van der Waals surface area (Å²) in [6, 6.07) is 0. The number of nitrogens with two attached hydrogens (primary N) is 1. The molecule has 1 amide bonds. The summed E-state index contributed by atoms with van der Waals surface area (Å²) < 4.78 is 20.6. The van der Waals surface area contributed by atoms with Crippen LogP contribution in [0.25, 0.3) is 0 Å². The maximum atomic E-state index is 10.8. The molecule has 1 rings (SSSR count). The standard InChI is InChI=1S/C10H19NO6/c1-10(2)7(14-3)6(16-9(11)13)5(12)8(15-4)17-10/h5-8,12H,1-4H3,(H2,11,13)/t5?,6-,7+,8+/m0/s1. The van der Waals surface area contributed by atoms with Crippen molar-refractivity contribution in [3.63, 3.8) is 0 Å². The van der Waals surface area contributed by atoms with Gasteiger partial charge in [-0.3, -0.25) is 0 Å². The van der Waals surface area contributed by atoms with E-state index in [2.05, 4.69) is 0 Å². The molecule has 0 spiro atoms. The van der Waals surface area contributed by atoms with Gasteiger partial charge in [0, 0.05) is 14.2 Å². The fourth-order valence-electron chi connectivity index (χ4n) is 2.04. The average molecular weight is 249 g/mol. The van der Waals surface area contributed by atoms with Gasteiger partial charge in [-0.15, -0.1) is 0 Å². The summed E-state index contributed by atoms with van der Waals surface area (Å²) in [7, 11) is 2.82. The summed E-state index contributed by atoms with van der Waals surface area (Å²) in [5.74, 6) is 0. The Bertz CT molecular complexity index is 282. The molecule has 100 valence electrons. The molecule has 1 fully saturated rings. The number of hydrogen-bond acceptors (Lipinski definition) is 6. The molecule has 0 radical (unpaired) electrons. The van der Waals surface area contributed by atoms with Crippen LogP contribution in [0.4, 0.5) is 4.79 Å². The van der Waals surface area contributed by atoms with Crippen molar-refractivity contribution in [1.82, 2.24) is 0 Å². The van der Waals surface area contributed by atoms with Crippen LogP contribution in [0.3, 0.4) is 0 Å². The number of carbonyl (C=O) groups excluding carboxylic acids is 1. The molecule has 1 unspecified atom stereocenters. The Balaban J connectivity index is 2.96. The van der Waals surface area contributed by atoms with Crippen LogP contribution < -0.4 is 5.73 Å². The summed E-state index contributed by atoms with van der Waals surface area (Å²) in [5.41, 5.74) is 4.19. The SMILES string of the molecule is CO[C@@H]1OC(C)(C)[C@H](OC)[C@@H](OC(N)=O)C1O. The third-order valence-electron chi connectivity index (χ3n) is 2.76. The number of ether oxygens (including phenoxy) is 4. The van der Waals surface area contributed by atoms with Crippen LogP contribution in [-0.4, -0.2) is 55.6 Å². The fourth-order valence-corrected chi connectivity index (χ4v) is 2.04. The normalized spacial score (nSPS) is 36.5. The Hall–Kier alpha value is -0.890. The summed E-state index contributed by atoms with van der Waals surface area (Å²) in [6.45, 7) is 3.49. The first-order valence-corrected chi connectivity index (χ1v) is 5.21. The number of aliphatic hydroxyl groups is 1. The van der Waals surface area contributed by atoms with E-state index in [1.807, 2.05) is 0 Å². The Morgan fingerprint density at radius 1 is 1.35 bits per heavy atom. The third-order valence-corrected chi connectivity index (χ3v) is 2.76. The molecule has 0 aromatic heterocycles. The highest BCUT2D eigenvalue weighted by molar-refractivity contribution is 5.65. The van der Waals surface area contributed by atoms with E-state index in [9.17, 15) is 9.90 Å². The largest absolute Gasteiger partial charge is 0.441 e. The monoisotopic (exact) mass is 249 g/mol. The lowest BCUT2D eigenvalue weighted by Gasteiger charge is -2.47. The molecule has 3 N–H and O–H groups in total. The van der Waals surface area contributed by atoms with Crippen LogP contribution in [0.1, 0.15) is 13.8 Å². The molecule has 0 aromatic rings. The molecular weight excluding hydrogens is 230 g/mol. The molecule has 1 aliphatic heterocycles. The summed E-state index contributed by atoms with van der Waals surface area (Å²) in [5, 5.41) is 9.95. The molecule has 1 heterocycles. The zero-order valence-corrected chi connectivity index (χ0v) is 10.4. The highest BCUT2D eigenvalue weighted by Gasteiger charge is 2.52. The van der Waals surface area contributed by atoms with Gasteiger partial charge in [0.15, 0.2) is 12.4 Å². The van der Waals surface area contributed by atoms with Crippen LogP contribution in [0.15, 0.2) is 0 Å². The van der Waals surface area contributed by atoms with Gasteiger partial charge in [-0.1, -0.05) is 0 Å². The molecule has 1 saturated heterocycles. The lowest BCUT2D eigenvalue weighted by molar-refractivity contribution is -0.319. The van der Waals surface area contributed by atoms with Crippen molar-refractivity contribution in [1.29, 1.82) is 0 Å². The zero-order valence-electron chi connectivity index (χ0n) is 10.4. The molecule has 1 aliphatic rings. The van der Waals surface area contributed by atoms with Crippen molar-refractivity contribution in [2.24, 2.45) is 5.73 Å². The van der Waals surface area contributed by atoms with Crippen molar-refractivity contribution < 1.29 is 28.8 Å². The number of carbonyl (C=O) groups is 1.